The van der Waals surface area contributed by atoms with E-state index in [2.05, 4.69) is 54.9 Å². The molecule has 2 aromatic rings. The Bertz CT molecular complexity index is 672. The van der Waals surface area contributed by atoms with Crippen LogP contribution in [0.25, 0.3) is 17.7 Å². The van der Waals surface area contributed by atoms with Gasteiger partial charge >= 0.3 is 0 Å². The molecule has 0 atom stereocenters. The molecule has 0 saturated heterocycles. The Labute approximate surface area is 94.4 Å². The highest BCUT2D eigenvalue weighted by atomic mass is 14.7. The van der Waals surface area contributed by atoms with Crippen LogP contribution in [-0.4, -0.2) is 4.98 Å². The Morgan fingerprint density at radius 2 is 1.88 bits per heavy atom. The van der Waals surface area contributed by atoms with Crippen LogP contribution in [0.3, 0.4) is 0 Å². The topological polar surface area (TPSA) is 15.8 Å². The lowest BCUT2D eigenvalue weighted by atomic mass is 10.0. The van der Waals surface area contributed by atoms with Crippen LogP contribution >= 0.6 is 0 Å². The number of fused-ring (bicyclic) bond motifs is 1. The Morgan fingerprint density at radius 3 is 2.62 bits per heavy atom. The average Bonchev–Trinajstić information content (AvgIpc) is 2.80. The molecule has 1 nitrogen and oxygen atoms in total. The van der Waals surface area contributed by atoms with Gasteiger partial charge in [-0.15, -0.1) is 0 Å². The number of nitrogens with one attached hydrogen (secondary N) is 1. The van der Waals surface area contributed by atoms with Gasteiger partial charge in [0.2, 0.25) is 0 Å². The van der Waals surface area contributed by atoms with Crippen molar-refractivity contribution in [2.45, 2.75) is 6.92 Å². The molecule has 0 unspecified atom stereocenters. The van der Waals surface area contributed by atoms with Gasteiger partial charge in [-0.25, -0.2) is 0 Å². The van der Waals surface area contributed by atoms with Gasteiger partial charge in [-0.1, -0.05) is 36.9 Å². The summed E-state index contributed by atoms with van der Waals surface area (Å²) in [5.41, 5.74) is 5.11. The Hall–Kier alpha value is -2.02. The average molecular weight is 207 g/mol. The van der Waals surface area contributed by atoms with Crippen LogP contribution < -0.4 is 10.7 Å². The van der Waals surface area contributed by atoms with E-state index in [1.807, 2.05) is 6.07 Å². The first-order chi connectivity index (χ1) is 7.75. The van der Waals surface area contributed by atoms with Gasteiger partial charge in [-0.2, -0.15) is 0 Å². The number of hydrogen-bond donors (Lipinski definition) is 1. The van der Waals surface area contributed by atoms with E-state index in [0.717, 1.165) is 5.35 Å². The number of aromatic nitrogens is 1. The first-order valence-corrected chi connectivity index (χ1v) is 5.42. The molecule has 1 aliphatic rings. The van der Waals surface area contributed by atoms with Crippen molar-refractivity contribution >= 4 is 17.7 Å². The predicted molar refractivity (Wildman–Crippen MR) is 68.2 cm³/mol. The van der Waals surface area contributed by atoms with Crippen molar-refractivity contribution in [3.63, 3.8) is 0 Å². The van der Waals surface area contributed by atoms with Crippen LogP contribution in [0.4, 0.5) is 0 Å². The van der Waals surface area contributed by atoms with E-state index in [1.54, 1.807) is 0 Å². The highest BCUT2D eigenvalue weighted by Crippen LogP contribution is 2.25. The molecule has 1 heteroatoms. The first kappa shape index (κ1) is 9.22. The molecular formula is C15H13N. The van der Waals surface area contributed by atoms with Crippen LogP contribution in [0.2, 0.25) is 0 Å². The second-order valence-corrected chi connectivity index (χ2v) is 4.19. The molecule has 16 heavy (non-hydrogen) atoms. The third-order valence-corrected chi connectivity index (χ3v) is 3.00. The Balaban J connectivity index is 2.23. The summed E-state index contributed by atoms with van der Waals surface area (Å²) in [4.78, 5) is 3.31. The molecule has 0 amide bonds. The standard InChI is InChI=1S/C15H13N/c1-10-8-13(12-6-4-3-5-7-12)14-9-11(2)16-15(10)14/h3-9,16H,2H2,1H3. The van der Waals surface area contributed by atoms with E-state index >= 15 is 0 Å². The molecule has 0 fully saturated rings. The van der Waals surface area contributed by atoms with E-state index in [4.69, 9.17) is 0 Å². The molecule has 1 N–H and O–H groups in total. The van der Waals surface area contributed by atoms with Crippen molar-refractivity contribution < 1.29 is 0 Å². The lowest BCUT2D eigenvalue weighted by molar-refractivity contribution is 1.26. The van der Waals surface area contributed by atoms with E-state index < -0.39 is 0 Å². The zero-order valence-electron chi connectivity index (χ0n) is 9.25. The van der Waals surface area contributed by atoms with Crippen LogP contribution in [0, 0.1) is 0 Å². The maximum absolute atomic E-state index is 3.95. The van der Waals surface area contributed by atoms with Crippen molar-refractivity contribution in [3.05, 3.63) is 64.3 Å². The second-order valence-electron chi connectivity index (χ2n) is 4.19. The summed E-state index contributed by atoms with van der Waals surface area (Å²) >= 11 is 0. The molecule has 1 aromatic carbocycles. The van der Waals surface area contributed by atoms with Crippen molar-refractivity contribution in [2.24, 2.45) is 0 Å². The summed E-state index contributed by atoms with van der Waals surface area (Å²) in [6.07, 6.45) is 2.23. The van der Waals surface area contributed by atoms with Crippen LogP contribution in [-0.2, 0) is 0 Å². The maximum atomic E-state index is 3.95. The lowest BCUT2D eigenvalue weighted by Crippen LogP contribution is -2.09. The van der Waals surface area contributed by atoms with E-state index in [0.29, 0.717) is 0 Å². The zero-order valence-corrected chi connectivity index (χ0v) is 9.25. The quantitative estimate of drug-likeness (QED) is 0.736. The fourth-order valence-electron chi connectivity index (χ4n) is 2.26. The number of hydrogen-bond acceptors (Lipinski definition) is 0. The summed E-state index contributed by atoms with van der Waals surface area (Å²) in [7, 11) is 0. The molecular weight excluding hydrogens is 194 g/mol. The SMILES string of the molecule is C=c1cc2c([nH]1)=C(C)C=C2c1ccccc1. The number of rotatable bonds is 1. The Morgan fingerprint density at radius 1 is 1.12 bits per heavy atom. The molecule has 1 heterocycles. The van der Waals surface area contributed by atoms with Crippen molar-refractivity contribution in [1.82, 2.24) is 4.98 Å². The van der Waals surface area contributed by atoms with Gasteiger partial charge < -0.3 is 4.98 Å². The predicted octanol–water partition coefficient (Wildman–Crippen LogP) is 2.04. The second kappa shape index (κ2) is 3.24. The molecule has 0 saturated carbocycles. The van der Waals surface area contributed by atoms with Gasteiger partial charge in [0.05, 0.1) is 0 Å². The molecule has 78 valence electrons. The van der Waals surface area contributed by atoms with Gasteiger partial charge in [-0.05, 0) is 35.8 Å². The summed E-state index contributed by atoms with van der Waals surface area (Å²) in [6, 6.07) is 12.6. The fraction of sp³-hybridized carbons (Fsp3) is 0.0667. The molecule has 0 spiro atoms. The van der Waals surface area contributed by atoms with Gasteiger partial charge in [0.25, 0.3) is 0 Å². The highest BCUT2D eigenvalue weighted by molar-refractivity contribution is 5.90. The summed E-state index contributed by atoms with van der Waals surface area (Å²) in [6.45, 7) is 6.08. The van der Waals surface area contributed by atoms with E-state index in [1.165, 1.54) is 27.6 Å². The minimum absolute atomic E-state index is 0.978. The summed E-state index contributed by atoms with van der Waals surface area (Å²) in [5.74, 6) is 0. The molecule has 0 aliphatic heterocycles. The van der Waals surface area contributed by atoms with Crippen molar-refractivity contribution in [1.29, 1.82) is 0 Å². The summed E-state index contributed by atoms with van der Waals surface area (Å²) in [5, 5.41) is 2.19. The van der Waals surface area contributed by atoms with Gasteiger partial charge in [0.15, 0.2) is 0 Å². The van der Waals surface area contributed by atoms with E-state index in [9.17, 15) is 0 Å². The van der Waals surface area contributed by atoms with E-state index in [-0.39, 0.29) is 0 Å². The van der Waals surface area contributed by atoms with Crippen molar-refractivity contribution in [3.8, 4) is 0 Å². The fourth-order valence-corrected chi connectivity index (χ4v) is 2.26. The molecule has 3 rings (SSSR count). The number of allylic oxidation sites excluding steroid dienone is 1. The number of benzene rings is 1. The van der Waals surface area contributed by atoms with Gasteiger partial charge in [0.1, 0.15) is 0 Å². The third-order valence-electron chi connectivity index (χ3n) is 3.00. The van der Waals surface area contributed by atoms with Crippen LogP contribution in [0.1, 0.15) is 18.1 Å². The summed E-state index contributed by atoms with van der Waals surface area (Å²) < 4.78 is 0. The van der Waals surface area contributed by atoms with Gasteiger partial charge in [0, 0.05) is 16.3 Å². The zero-order chi connectivity index (χ0) is 11.1. The normalized spacial score (nSPS) is 13.8. The minimum Gasteiger partial charge on any atom is -0.355 e. The van der Waals surface area contributed by atoms with Gasteiger partial charge in [-0.3, -0.25) is 0 Å². The number of aromatic amines is 1. The minimum atomic E-state index is 0.978. The smallest absolute Gasteiger partial charge is 0.0494 e. The van der Waals surface area contributed by atoms with Crippen molar-refractivity contribution in [2.75, 3.05) is 0 Å². The maximum Gasteiger partial charge on any atom is 0.0494 e. The monoisotopic (exact) mass is 207 g/mol. The first-order valence-electron chi connectivity index (χ1n) is 5.42. The lowest BCUT2D eigenvalue weighted by Gasteiger charge is -2.01. The number of H-pyrrole nitrogens is 1. The third kappa shape index (κ3) is 1.25. The molecule has 1 aliphatic carbocycles. The van der Waals surface area contributed by atoms with Crippen LogP contribution in [0.5, 0.6) is 0 Å². The highest BCUT2D eigenvalue weighted by Gasteiger charge is 2.14. The molecule has 0 bridgehead atoms. The molecule has 1 aromatic heterocycles. The Kier molecular flexibility index (Phi) is 1.87. The molecule has 0 radical (unpaired) electrons. The largest absolute Gasteiger partial charge is 0.355 e. The van der Waals surface area contributed by atoms with Crippen LogP contribution in [0.15, 0.2) is 42.5 Å².